The van der Waals surface area contributed by atoms with Crippen LogP contribution in [0.25, 0.3) is 0 Å². The normalized spacial score (nSPS) is 19.2. The zero-order chi connectivity index (χ0) is 9.78. The summed E-state index contributed by atoms with van der Waals surface area (Å²) in [6.07, 6.45) is 0.476. The van der Waals surface area contributed by atoms with E-state index in [1.54, 1.807) is 7.05 Å². The Morgan fingerprint density at radius 2 is 2.08 bits per heavy atom. The summed E-state index contributed by atoms with van der Waals surface area (Å²) >= 11 is 0. The van der Waals surface area contributed by atoms with Crippen molar-refractivity contribution in [3.05, 3.63) is 5.21 Å². The summed E-state index contributed by atoms with van der Waals surface area (Å²) in [5, 5.41) is 15.2. The SMILES string of the molecule is CCN([O-])C(NC)C(C)(N)CC. The second-order valence-electron chi connectivity index (χ2n) is 3.28. The number of nitrogens with two attached hydrogens (primary N) is 1. The monoisotopic (exact) mass is 174 g/mol. The molecule has 0 amide bonds. The Bertz CT molecular complexity index is 127. The predicted octanol–water partition coefficient (Wildman–Crippen LogP) is 0.479. The molecule has 0 aliphatic carbocycles. The lowest BCUT2D eigenvalue weighted by Crippen LogP contribution is -2.60. The van der Waals surface area contributed by atoms with Gasteiger partial charge in [0.15, 0.2) is 0 Å². The number of hydrogen-bond acceptors (Lipinski definition) is 4. The molecule has 0 fully saturated rings. The molecule has 4 nitrogen and oxygen atoms in total. The molecule has 0 radical (unpaired) electrons. The molecule has 0 heterocycles. The Labute approximate surface area is 74.7 Å². The molecule has 0 rings (SSSR count). The van der Waals surface area contributed by atoms with E-state index in [1.807, 2.05) is 20.8 Å². The number of likely N-dealkylation sites (N-methyl/N-ethyl adjacent to an activating group) is 2. The molecular weight excluding hydrogens is 154 g/mol. The van der Waals surface area contributed by atoms with Crippen LogP contribution in [0.2, 0.25) is 0 Å². The van der Waals surface area contributed by atoms with Crippen molar-refractivity contribution in [2.24, 2.45) is 5.73 Å². The van der Waals surface area contributed by atoms with Crippen molar-refractivity contribution in [3.63, 3.8) is 0 Å². The summed E-state index contributed by atoms with van der Waals surface area (Å²) < 4.78 is 0. The van der Waals surface area contributed by atoms with Crippen LogP contribution >= 0.6 is 0 Å². The smallest absolute Gasteiger partial charge is 0.0662 e. The summed E-state index contributed by atoms with van der Waals surface area (Å²) in [5.74, 6) is 0. The van der Waals surface area contributed by atoms with Gasteiger partial charge in [-0.2, -0.15) is 0 Å². The molecule has 74 valence electrons. The average molecular weight is 174 g/mol. The van der Waals surface area contributed by atoms with Gasteiger partial charge < -0.3 is 21.3 Å². The van der Waals surface area contributed by atoms with Gasteiger partial charge in [0, 0.05) is 5.54 Å². The Morgan fingerprint density at radius 3 is 2.33 bits per heavy atom. The predicted molar refractivity (Wildman–Crippen MR) is 51.5 cm³/mol. The van der Waals surface area contributed by atoms with Gasteiger partial charge in [0.1, 0.15) is 0 Å². The van der Waals surface area contributed by atoms with E-state index in [1.165, 1.54) is 0 Å². The topological polar surface area (TPSA) is 64.3 Å². The molecule has 0 aromatic heterocycles. The Balaban J connectivity index is 4.32. The van der Waals surface area contributed by atoms with E-state index in [4.69, 9.17) is 5.73 Å². The van der Waals surface area contributed by atoms with Crippen molar-refractivity contribution in [3.8, 4) is 0 Å². The number of hydroxylamine groups is 2. The molecule has 0 bridgehead atoms. The van der Waals surface area contributed by atoms with Crippen LogP contribution in [0.1, 0.15) is 27.2 Å². The van der Waals surface area contributed by atoms with Gasteiger partial charge in [-0.3, -0.25) is 0 Å². The van der Waals surface area contributed by atoms with Crippen LogP contribution in [0.4, 0.5) is 0 Å². The molecule has 2 atom stereocenters. The van der Waals surface area contributed by atoms with E-state index in [2.05, 4.69) is 5.32 Å². The summed E-state index contributed by atoms with van der Waals surface area (Å²) in [6, 6.07) is 0. The standard InChI is InChI=1S/C8H20N3O/c1-5-8(3,9)7(10-4)11(12)6-2/h7,10H,5-6,9H2,1-4H3/q-1. The van der Waals surface area contributed by atoms with Crippen molar-refractivity contribution in [2.75, 3.05) is 13.6 Å². The van der Waals surface area contributed by atoms with Crippen LogP contribution in [0.3, 0.4) is 0 Å². The van der Waals surface area contributed by atoms with E-state index < -0.39 is 5.54 Å². The molecule has 0 saturated carbocycles. The summed E-state index contributed by atoms with van der Waals surface area (Å²) in [7, 11) is 1.76. The lowest BCUT2D eigenvalue weighted by molar-refractivity contribution is 0.157. The molecule has 12 heavy (non-hydrogen) atoms. The van der Waals surface area contributed by atoms with Crippen molar-refractivity contribution in [1.82, 2.24) is 10.4 Å². The zero-order valence-corrected chi connectivity index (χ0v) is 8.42. The maximum absolute atomic E-state index is 11.3. The number of rotatable bonds is 5. The van der Waals surface area contributed by atoms with Crippen LogP contribution in [0, 0.1) is 5.21 Å². The molecule has 4 heteroatoms. The zero-order valence-electron chi connectivity index (χ0n) is 8.42. The third-order valence-corrected chi connectivity index (χ3v) is 2.26. The lowest BCUT2D eigenvalue weighted by atomic mass is 9.96. The van der Waals surface area contributed by atoms with Crippen LogP contribution in [-0.2, 0) is 0 Å². The lowest BCUT2D eigenvalue weighted by Gasteiger charge is -2.44. The van der Waals surface area contributed by atoms with Gasteiger partial charge in [0.2, 0.25) is 0 Å². The van der Waals surface area contributed by atoms with Crippen LogP contribution < -0.4 is 11.1 Å². The van der Waals surface area contributed by atoms with E-state index in [-0.39, 0.29) is 6.17 Å². The van der Waals surface area contributed by atoms with Gasteiger partial charge in [-0.25, -0.2) is 0 Å². The van der Waals surface area contributed by atoms with Gasteiger partial charge in [-0.15, -0.1) is 0 Å². The van der Waals surface area contributed by atoms with Crippen molar-refractivity contribution in [2.45, 2.75) is 38.9 Å². The van der Waals surface area contributed by atoms with E-state index >= 15 is 0 Å². The summed E-state index contributed by atoms with van der Waals surface area (Å²) in [4.78, 5) is 0. The van der Waals surface area contributed by atoms with Crippen molar-refractivity contribution in [1.29, 1.82) is 0 Å². The number of hydrogen-bond donors (Lipinski definition) is 2. The molecule has 0 aromatic rings. The number of nitrogens with zero attached hydrogens (tertiary/aromatic N) is 1. The second kappa shape index (κ2) is 4.77. The highest BCUT2D eigenvalue weighted by atomic mass is 16.5. The molecule has 0 aliphatic heterocycles. The Hall–Kier alpha value is -0.160. The van der Waals surface area contributed by atoms with Crippen LogP contribution in [0.5, 0.6) is 0 Å². The first kappa shape index (κ1) is 11.8. The molecule has 0 saturated heterocycles. The first-order chi connectivity index (χ1) is 5.49. The fraction of sp³-hybridized carbons (Fsp3) is 1.00. The van der Waals surface area contributed by atoms with E-state index in [0.29, 0.717) is 6.54 Å². The first-order valence-electron chi connectivity index (χ1n) is 4.39. The second-order valence-corrected chi connectivity index (χ2v) is 3.28. The van der Waals surface area contributed by atoms with Gasteiger partial charge >= 0.3 is 0 Å². The molecular formula is C8H20N3O-. The first-order valence-corrected chi connectivity index (χ1v) is 4.39. The Morgan fingerprint density at radius 1 is 1.58 bits per heavy atom. The highest BCUT2D eigenvalue weighted by molar-refractivity contribution is 4.90. The quantitative estimate of drug-likeness (QED) is 0.470. The van der Waals surface area contributed by atoms with Crippen molar-refractivity contribution >= 4 is 0 Å². The van der Waals surface area contributed by atoms with E-state index in [9.17, 15) is 5.21 Å². The molecule has 2 unspecified atom stereocenters. The minimum absolute atomic E-state index is 0.299. The minimum Gasteiger partial charge on any atom is -0.784 e. The molecule has 0 aromatic carbocycles. The molecule has 3 N–H and O–H groups in total. The summed E-state index contributed by atoms with van der Waals surface area (Å²) in [6.45, 7) is 6.14. The maximum Gasteiger partial charge on any atom is 0.0662 e. The van der Waals surface area contributed by atoms with Gasteiger partial charge in [-0.05, 0) is 26.9 Å². The van der Waals surface area contributed by atoms with Gasteiger partial charge in [0.05, 0.1) is 6.17 Å². The number of nitrogens with one attached hydrogen (secondary N) is 1. The molecule has 0 aliphatic rings. The summed E-state index contributed by atoms with van der Waals surface area (Å²) in [5.41, 5.74) is 5.48. The molecule has 0 spiro atoms. The van der Waals surface area contributed by atoms with Gasteiger partial charge in [0.25, 0.3) is 0 Å². The van der Waals surface area contributed by atoms with E-state index in [0.717, 1.165) is 11.5 Å². The Kier molecular flexibility index (Phi) is 4.70. The largest absolute Gasteiger partial charge is 0.784 e. The highest BCUT2D eigenvalue weighted by Crippen LogP contribution is 2.13. The van der Waals surface area contributed by atoms with Gasteiger partial charge in [-0.1, -0.05) is 13.8 Å². The average Bonchev–Trinajstić information content (AvgIpc) is 2.05. The highest BCUT2D eigenvalue weighted by Gasteiger charge is 2.27. The fourth-order valence-corrected chi connectivity index (χ4v) is 1.18. The minimum atomic E-state index is -0.466. The maximum atomic E-state index is 11.3. The third kappa shape index (κ3) is 2.71. The van der Waals surface area contributed by atoms with Crippen LogP contribution in [0.15, 0.2) is 0 Å². The van der Waals surface area contributed by atoms with Crippen molar-refractivity contribution < 1.29 is 0 Å². The van der Waals surface area contributed by atoms with Crippen LogP contribution in [-0.4, -0.2) is 30.4 Å². The fourth-order valence-electron chi connectivity index (χ4n) is 1.18. The third-order valence-electron chi connectivity index (χ3n) is 2.26.